The van der Waals surface area contributed by atoms with Crippen molar-refractivity contribution in [2.45, 2.75) is 38.5 Å². The standard InChI is InChI=1S/C14H19NO6/c1-21-13(20)6-5-11(17)14-9(3-2-4-10(14)16)15-8-7-12(18)19/h17H,2-8H2,1H3,(H,18,19). The highest BCUT2D eigenvalue weighted by Gasteiger charge is 2.25. The van der Waals surface area contributed by atoms with Gasteiger partial charge in [0.15, 0.2) is 5.78 Å². The quantitative estimate of drug-likeness (QED) is 0.435. The van der Waals surface area contributed by atoms with Gasteiger partial charge in [-0.1, -0.05) is 0 Å². The molecule has 1 saturated carbocycles. The fourth-order valence-electron chi connectivity index (χ4n) is 2.05. The van der Waals surface area contributed by atoms with E-state index in [-0.39, 0.29) is 42.9 Å². The van der Waals surface area contributed by atoms with Crippen LogP contribution in [0.3, 0.4) is 0 Å². The number of carbonyl (C=O) groups excluding carboxylic acids is 2. The molecule has 0 saturated heterocycles. The summed E-state index contributed by atoms with van der Waals surface area (Å²) in [6, 6.07) is 0. The molecule has 0 radical (unpaired) electrons. The minimum atomic E-state index is -0.970. The van der Waals surface area contributed by atoms with Crippen molar-refractivity contribution in [3.8, 4) is 0 Å². The second-order valence-electron chi connectivity index (χ2n) is 4.65. The van der Waals surface area contributed by atoms with Crippen LogP contribution in [0.5, 0.6) is 0 Å². The molecule has 21 heavy (non-hydrogen) atoms. The number of rotatable bonds is 6. The number of nitrogens with zero attached hydrogens (tertiary/aromatic N) is 1. The molecule has 116 valence electrons. The van der Waals surface area contributed by atoms with Gasteiger partial charge in [0.25, 0.3) is 0 Å². The van der Waals surface area contributed by atoms with Crippen LogP contribution in [0.25, 0.3) is 0 Å². The maximum atomic E-state index is 11.9. The summed E-state index contributed by atoms with van der Waals surface area (Å²) in [5.41, 5.74) is 0.561. The number of aliphatic hydroxyl groups is 1. The van der Waals surface area contributed by atoms with E-state index in [4.69, 9.17) is 5.11 Å². The monoisotopic (exact) mass is 297 g/mol. The van der Waals surface area contributed by atoms with Crippen molar-refractivity contribution in [1.82, 2.24) is 0 Å². The summed E-state index contributed by atoms with van der Waals surface area (Å²) in [5.74, 6) is -1.85. The van der Waals surface area contributed by atoms with Gasteiger partial charge in [-0.2, -0.15) is 0 Å². The van der Waals surface area contributed by atoms with Gasteiger partial charge in [0, 0.05) is 25.1 Å². The number of carboxylic acids is 1. The summed E-state index contributed by atoms with van der Waals surface area (Å²) >= 11 is 0. The van der Waals surface area contributed by atoms with Crippen LogP contribution in [-0.2, 0) is 19.1 Å². The second-order valence-corrected chi connectivity index (χ2v) is 4.65. The number of carbonyl (C=O) groups is 3. The molecular weight excluding hydrogens is 278 g/mol. The molecule has 0 atom stereocenters. The Kier molecular flexibility index (Phi) is 6.58. The van der Waals surface area contributed by atoms with Crippen molar-refractivity contribution >= 4 is 23.4 Å². The lowest BCUT2D eigenvalue weighted by Crippen LogP contribution is -2.22. The second kappa shape index (κ2) is 8.18. The third-order valence-electron chi connectivity index (χ3n) is 3.10. The fourth-order valence-corrected chi connectivity index (χ4v) is 2.05. The van der Waals surface area contributed by atoms with E-state index in [2.05, 4.69) is 9.73 Å². The zero-order valence-electron chi connectivity index (χ0n) is 11.9. The number of allylic oxidation sites excluding steroid dienone is 2. The molecule has 0 aromatic heterocycles. The molecule has 1 aliphatic rings. The number of esters is 1. The van der Waals surface area contributed by atoms with Crippen LogP contribution >= 0.6 is 0 Å². The lowest BCUT2D eigenvalue weighted by Gasteiger charge is -2.17. The van der Waals surface area contributed by atoms with Crippen LogP contribution in [-0.4, -0.2) is 47.3 Å². The Balaban J connectivity index is 2.86. The van der Waals surface area contributed by atoms with Crippen LogP contribution in [0.4, 0.5) is 0 Å². The van der Waals surface area contributed by atoms with E-state index in [0.717, 1.165) is 0 Å². The zero-order chi connectivity index (χ0) is 15.8. The van der Waals surface area contributed by atoms with Crippen molar-refractivity contribution in [1.29, 1.82) is 0 Å². The highest BCUT2D eigenvalue weighted by atomic mass is 16.5. The molecule has 0 aromatic carbocycles. The van der Waals surface area contributed by atoms with Crippen molar-refractivity contribution in [2.24, 2.45) is 4.99 Å². The third kappa shape index (κ3) is 5.37. The Labute approximate surface area is 122 Å². The molecule has 2 N–H and O–H groups in total. The molecule has 0 aliphatic heterocycles. The lowest BCUT2D eigenvalue weighted by atomic mass is 9.89. The summed E-state index contributed by atoms with van der Waals surface area (Å²) in [6.45, 7) is 0.0612. The zero-order valence-corrected chi connectivity index (χ0v) is 11.9. The number of aliphatic hydroxyl groups excluding tert-OH is 1. The number of Topliss-reactive ketones (excluding diaryl/α,β-unsaturated/α-hetero) is 1. The molecule has 0 aromatic rings. The summed E-state index contributed by atoms with van der Waals surface area (Å²) in [4.78, 5) is 37.6. The van der Waals surface area contributed by atoms with Gasteiger partial charge in [-0.05, 0) is 12.8 Å². The van der Waals surface area contributed by atoms with E-state index >= 15 is 0 Å². The van der Waals surface area contributed by atoms with E-state index < -0.39 is 11.9 Å². The summed E-state index contributed by atoms with van der Waals surface area (Å²) in [7, 11) is 1.25. The number of aliphatic carboxylic acids is 1. The fraction of sp³-hybridized carbons (Fsp3) is 0.571. The molecule has 0 unspecified atom stereocenters. The van der Waals surface area contributed by atoms with E-state index in [1.165, 1.54) is 7.11 Å². The lowest BCUT2D eigenvalue weighted by molar-refractivity contribution is -0.140. The average Bonchev–Trinajstić information content (AvgIpc) is 2.44. The number of ketones is 1. The predicted molar refractivity (Wildman–Crippen MR) is 74.3 cm³/mol. The molecule has 0 bridgehead atoms. The number of aliphatic imine (C=N–C) groups is 1. The van der Waals surface area contributed by atoms with E-state index in [0.29, 0.717) is 25.0 Å². The third-order valence-corrected chi connectivity index (χ3v) is 3.10. The molecule has 0 spiro atoms. The number of hydrogen-bond donors (Lipinski definition) is 2. The highest BCUT2D eigenvalue weighted by molar-refractivity contribution is 6.24. The topological polar surface area (TPSA) is 113 Å². The summed E-state index contributed by atoms with van der Waals surface area (Å²) in [5, 5.41) is 18.6. The molecule has 7 heteroatoms. The number of methoxy groups -OCH3 is 1. The first kappa shape index (κ1) is 16.9. The normalized spacial score (nSPS) is 19.5. The Morgan fingerprint density at radius 3 is 2.52 bits per heavy atom. The first-order valence-corrected chi connectivity index (χ1v) is 6.73. The van der Waals surface area contributed by atoms with Gasteiger partial charge in [-0.15, -0.1) is 0 Å². The first-order chi connectivity index (χ1) is 9.95. The van der Waals surface area contributed by atoms with Gasteiger partial charge in [-0.25, -0.2) is 0 Å². The van der Waals surface area contributed by atoms with Crippen LogP contribution in [0, 0.1) is 0 Å². The predicted octanol–water partition coefficient (Wildman–Crippen LogP) is 1.42. The molecule has 0 amide bonds. The van der Waals surface area contributed by atoms with Gasteiger partial charge in [0.05, 0.1) is 25.5 Å². The van der Waals surface area contributed by atoms with Crippen molar-refractivity contribution in [3.63, 3.8) is 0 Å². The molecule has 1 aliphatic carbocycles. The highest BCUT2D eigenvalue weighted by Crippen LogP contribution is 2.22. The molecular formula is C14H19NO6. The minimum absolute atomic E-state index is 0.00565. The van der Waals surface area contributed by atoms with Gasteiger partial charge in [-0.3, -0.25) is 19.4 Å². The Hall–Kier alpha value is -2.18. The van der Waals surface area contributed by atoms with E-state index in [1.54, 1.807) is 0 Å². The van der Waals surface area contributed by atoms with Crippen LogP contribution in [0.15, 0.2) is 16.3 Å². The van der Waals surface area contributed by atoms with Crippen molar-refractivity contribution < 1.29 is 29.3 Å². The number of carboxylic acid groups (broad SMARTS) is 1. The van der Waals surface area contributed by atoms with Gasteiger partial charge in [0.2, 0.25) is 0 Å². The first-order valence-electron chi connectivity index (χ1n) is 6.73. The maximum absolute atomic E-state index is 11.9. The molecule has 1 rings (SSSR count). The van der Waals surface area contributed by atoms with Gasteiger partial charge >= 0.3 is 11.9 Å². The molecule has 7 nitrogen and oxygen atoms in total. The number of ether oxygens (including phenoxy) is 1. The maximum Gasteiger partial charge on any atom is 0.305 e. The molecule has 0 heterocycles. The minimum Gasteiger partial charge on any atom is -0.511 e. The average molecular weight is 297 g/mol. The largest absolute Gasteiger partial charge is 0.511 e. The van der Waals surface area contributed by atoms with Crippen LogP contribution in [0.2, 0.25) is 0 Å². The van der Waals surface area contributed by atoms with Crippen LogP contribution < -0.4 is 0 Å². The van der Waals surface area contributed by atoms with E-state index in [9.17, 15) is 19.5 Å². The van der Waals surface area contributed by atoms with E-state index in [1.807, 2.05) is 0 Å². The van der Waals surface area contributed by atoms with Gasteiger partial charge in [0.1, 0.15) is 5.76 Å². The van der Waals surface area contributed by atoms with Crippen molar-refractivity contribution in [3.05, 3.63) is 11.3 Å². The Bertz CT molecular complexity index is 492. The van der Waals surface area contributed by atoms with Gasteiger partial charge < -0.3 is 14.9 Å². The smallest absolute Gasteiger partial charge is 0.305 e. The SMILES string of the molecule is COC(=O)CCC(O)=C1C(=O)CCCC1=NCCC(=O)O. The Morgan fingerprint density at radius 1 is 1.19 bits per heavy atom. The van der Waals surface area contributed by atoms with Crippen molar-refractivity contribution in [2.75, 3.05) is 13.7 Å². The summed E-state index contributed by atoms with van der Waals surface area (Å²) < 4.78 is 4.48. The number of hydrogen-bond acceptors (Lipinski definition) is 6. The summed E-state index contributed by atoms with van der Waals surface area (Å²) in [6.07, 6.45) is 1.30. The Morgan fingerprint density at radius 2 is 1.90 bits per heavy atom. The van der Waals surface area contributed by atoms with Crippen LogP contribution in [0.1, 0.15) is 38.5 Å². The molecule has 1 fully saturated rings.